The number of aromatic amines is 1. The Morgan fingerprint density at radius 2 is 2.10 bits per heavy atom. The first-order valence-electron chi connectivity index (χ1n) is 5.93. The Morgan fingerprint density at radius 3 is 2.65 bits per heavy atom. The topological polar surface area (TPSA) is 95.3 Å². The zero-order chi connectivity index (χ0) is 14.5. The van der Waals surface area contributed by atoms with Crippen LogP contribution in [0.1, 0.15) is 23.0 Å². The maximum absolute atomic E-state index is 11.9. The van der Waals surface area contributed by atoms with Crippen LogP contribution in [0.15, 0.2) is 35.6 Å². The third-order valence-electron chi connectivity index (χ3n) is 2.75. The number of esters is 1. The van der Waals surface area contributed by atoms with Gasteiger partial charge >= 0.3 is 5.97 Å². The average Bonchev–Trinajstić information content (AvgIpc) is 2.91. The molecule has 0 radical (unpaired) electrons. The molecule has 0 aliphatic rings. The summed E-state index contributed by atoms with van der Waals surface area (Å²) in [5, 5.41) is 11.9. The number of nitriles is 1. The first kappa shape index (κ1) is 13.5. The van der Waals surface area contributed by atoms with Crippen LogP contribution in [-0.4, -0.2) is 17.6 Å². The molecular weight excluding hydrogens is 258 g/mol. The lowest BCUT2D eigenvalue weighted by atomic mass is 10.0. The van der Waals surface area contributed by atoms with Crippen molar-refractivity contribution in [3.63, 3.8) is 0 Å². The van der Waals surface area contributed by atoms with Crippen LogP contribution in [0.25, 0.3) is 11.1 Å². The predicted octanol–water partition coefficient (Wildman–Crippen LogP) is 3.13. The third-order valence-corrected chi connectivity index (χ3v) is 2.75. The summed E-state index contributed by atoms with van der Waals surface area (Å²) in [7, 11) is 0. The summed E-state index contributed by atoms with van der Waals surface area (Å²) in [4.78, 5) is 25.0. The van der Waals surface area contributed by atoms with E-state index in [1.54, 1.807) is 19.1 Å². The minimum absolute atomic E-state index is 0.249. The van der Waals surface area contributed by atoms with Crippen LogP contribution in [0.4, 0.5) is 5.69 Å². The lowest BCUT2D eigenvalue weighted by molar-refractivity contribution is 0.0527. The maximum Gasteiger partial charge on any atom is 0.340 e. The van der Waals surface area contributed by atoms with Gasteiger partial charge in [0.25, 0.3) is 0 Å². The van der Waals surface area contributed by atoms with Crippen molar-refractivity contribution in [3.05, 3.63) is 46.6 Å². The van der Waals surface area contributed by atoms with Crippen molar-refractivity contribution in [2.45, 2.75) is 6.92 Å². The fourth-order valence-electron chi connectivity index (χ4n) is 1.87. The van der Waals surface area contributed by atoms with Gasteiger partial charge in [0, 0.05) is 11.8 Å². The summed E-state index contributed by atoms with van der Waals surface area (Å²) in [5.41, 5.74) is 1.93. The van der Waals surface area contributed by atoms with Gasteiger partial charge in [-0.05, 0) is 29.8 Å². The Balaban J connectivity index is 2.53. The Labute approximate surface area is 115 Å². The van der Waals surface area contributed by atoms with E-state index in [9.17, 15) is 9.70 Å². The molecule has 0 fully saturated rings. The molecule has 2 rings (SSSR count). The van der Waals surface area contributed by atoms with Crippen molar-refractivity contribution in [1.29, 1.82) is 5.26 Å². The van der Waals surface area contributed by atoms with Gasteiger partial charge in [-0.15, -0.1) is 4.91 Å². The summed E-state index contributed by atoms with van der Waals surface area (Å²) >= 11 is 0. The highest BCUT2D eigenvalue weighted by molar-refractivity contribution is 5.98. The molecule has 1 aromatic carbocycles. The van der Waals surface area contributed by atoms with Crippen molar-refractivity contribution >= 4 is 11.7 Å². The van der Waals surface area contributed by atoms with Gasteiger partial charge in [0.15, 0.2) is 0 Å². The number of carbonyl (C=O) groups is 1. The van der Waals surface area contributed by atoms with E-state index < -0.39 is 5.97 Å². The van der Waals surface area contributed by atoms with Crippen LogP contribution in [0.2, 0.25) is 0 Å². The molecule has 20 heavy (non-hydrogen) atoms. The summed E-state index contributed by atoms with van der Waals surface area (Å²) in [6.07, 6.45) is 1.44. The fourth-order valence-corrected chi connectivity index (χ4v) is 1.87. The van der Waals surface area contributed by atoms with Crippen molar-refractivity contribution < 1.29 is 9.53 Å². The van der Waals surface area contributed by atoms with Gasteiger partial charge in [0.1, 0.15) is 17.5 Å². The van der Waals surface area contributed by atoms with Gasteiger partial charge in [-0.25, -0.2) is 4.79 Å². The van der Waals surface area contributed by atoms with E-state index in [1.807, 2.05) is 6.07 Å². The van der Waals surface area contributed by atoms with Crippen molar-refractivity contribution in [1.82, 2.24) is 4.98 Å². The summed E-state index contributed by atoms with van der Waals surface area (Å²) in [6.45, 7) is 1.96. The van der Waals surface area contributed by atoms with Crippen molar-refractivity contribution in [3.8, 4) is 17.2 Å². The van der Waals surface area contributed by atoms with Crippen LogP contribution in [0, 0.1) is 16.2 Å². The van der Waals surface area contributed by atoms with Gasteiger partial charge in [0.2, 0.25) is 0 Å². The van der Waals surface area contributed by atoms with Gasteiger partial charge in [-0.3, -0.25) is 0 Å². The molecule has 100 valence electrons. The number of nitrogens with one attached hydrogen (secondary N) is 1. The van der Waals surface area contributed by atoms with Crippen LogP contribution in [0.3, 0.4) is 0 Å². The number of rotatable bonds is 4. The zero-order valence-electron chi connectivity index (χ0n) is 10.7. The Kier molecular flexibility index (Phi) is 3.91. The number of benzene rings is 1. The number of nitroso groups, excluding NO2 is 1. The van der Waals surface area contributed by atoms with E-state index in [4.69, 9.17) is 10.00 Å². The number of nitrogens with zero attached hydrogens (tertiary/aromatic N) is 2. The van der Waals surface area contributed by atoms with Gasteiger partial charge < -0.3 is 9.72 Å². The van der Waals surface area contributed by atoms with E-state index in [-0.39, 0.29) is 23.6 Å². The number of hydrogen-bond donors (Lipinski definition) is 1. The second-order valence-electron chi connectivity index (χ2n) is 3.92. The Bertz CT molecular complexity index is 681. The molecule has 0 saturated carbocycles. The monoisotopic (exact) mass is 269 g/mol. The van der Waals surface area contributed by atoms with Crippen LogP contribution in [0.5, 0.6) is 0 Å². The van der Waals surface area contributed by atoms with Gasteiger partial charge in [-0.2, -0.15) is 5.26 Å². The average molecular weight is 269 g/mol. The lowest BCUT2D eigenvalue weighted by Crippen LogP contribution is -2.04. The predicted molar refractivity (Wildman–Crippen MR) is 72.4 cm³/mol. The molecule has 1 aromatic heterocycles. The molecule has 6 nitrogen and oxygen atoms in total. The molecule has 0 spiro atoms. The summed E-state index contributed by atoms with van der Waals surface area (Å²) in [6, 6.07) is 8.29. The molecule has 0 amide bonds. The second-order valence-corrected chi connectivity index (χ2v) is 3.92. The number of carbonyl (C=O) groups excluding carboxylic acids is 1. The molecule has 2 aromatic rings. The molecule has 1 heterocycles. The van der Waals surface area contributed by atoms with E-state index in [2.05, 4.69) is 10.2 Å². The van der Waals surface area contributed by atoms with Gasteiger partial charge in [-0.1, -0.05) is 12.1 Å². The molecule has 0 saturated heterocycles. The first-order valence-corrected chi connectivity index (χ1v) is 5.93. The van der Waals surface area contributed by atoms with E-state index in [1.165, 1.54) is 18.3 Å². The van der Waals surface area contributed by atoms with E-state index >= 15 is 0 Å². The quantitative estimate of drug-likeness (QED) is 0.681. The first-order chi connectivity index (χ1) is 9.71. The number of aromatic nitrogens is 1. The molecule has 0 aliphatic heterocycles. The van der Waals surface area contributed by atoms with Crippen LogP contribution in [-0.2, 0) is 4.74 Å². The molecule has 0 bridgehead atoms. The zero-order valence-corrected chi connectivity index (χ0v) is 10.7. The standard InChI is InChI=1S/C14H11N3O3/c1-2-20-14(18)11-8-16-12(7-15)13(11)9-3-5-10(17-19)6-4-9/h3-6,8,16H,2H2,1H3. The van der Waals surface area contributed by atoms with Crippen LogP contribution >= 0.6 is 0 Å². The highest BCUT2D eigenvalue weighted by atomic mass is 16.5. The smallest absolute Gasteiger partial charge is 0.340 e. The number of ether oxygens (including phenoxy) is 1. The normalized spacial score (nSPS) is 9.80. The van der Waals surface area contributed by atoms with Gasteiger partial charge in [0.05, 0.1) is 12.2 Å². The molecule has 6 heteroatoms. The molecule has 0 unspecified atom stereocenters. The summed E-state index contributed by atoms with van der Waals surface area (Å²) in [5.74, 6) is -0.502. The summed E-state index contributed by atoms with van der Waals surface area (Å²) < 4.78 is 4.96. The second kappa shape index (κ2) is 5.80. The molecule has 1 N–H and O–H groups in total. The maximum atomic E-state index is 11.9. The van der Waals surface area contributed by atoms with Crippen LogP contribution < -0.4 is 0 Å². The Morgan fingerprint density at radius 1 is 1.40 bits per heavy atom. The van der Waals surface area contributed by atoms with Crippen molar-refractivity contribution in [2.24, 2.45) is 5.18 Å². The highest BCUT2D eigenvalue weighted by Crippen LogP contribution is 2.29. The molecule has 0 atom stereocenters. The lowest BCUT2D eigenvalue weighted by Gasteiger charge is -2.04. The highest BCUT2D eigenvalue weighted by Gasteiger charge is 2.19. The Hall–Kier alpha value is -2.94. The molecule has 0 aliphatic carbocycles. The SMILES string of the molecule is CCOC(=O)c1c[nH]c(C#N)c1-c1ccc(N=O)cc1. The van der Waals surface area contributed by atoms with E-state index in [0.29, 0.717) is 11.1 Å². The minimum Gasteiger partial charge on any atom is -0.462 e. The van der Waals surface area contributed by atoms with Crippen molar-refractivity contribution in [2.75, 3.05) is 6.61 Å². The minimum atomic E-state index is -0.502. The fraction of sp³-hybridized carbons (Fsp3) is 0.143. The van der Waals surface area contributed by atoms with E-state index in [0.717, 1.165) is 0 Å². The number of hydrogen-bond acceptors (Lipinski definition) is 5. The third kappa shape index (κ3) is 2.42. The largest absolute Gasteiger partial charge is 0.462 e. The number of H-pyrrole nitrogens is 1. The molecular formula is C14H11N3O3.